The zero-order valence-corrected chi connectivity index (χ0v) is 11.7. The van der Waals surface area contributed by atoms with E-state index in [0.717, 1.165) is 31.6 Å². The summed E-state index contributed by atoms with van der Waals surface area (Å²) in [5, 5.41) is 2.98. The van der Waals surface area contributed by atoms with E-state index in [2.05, 4.69) is 10.3 Å². The van der Waals surface area contributed by atoms with Crippen molar-refractivity contribution in [2.24, 2.45) is 5.92 Å². The minimum Gasteiger partial charge on any atom is -0.444 e. The molecule has 0 bridgehead atoms. The third-order valence-corrected chi connectivity index (χ3v) is 3.65. The van der Waals surface area contributed by atoms with Crippen LogP contribution < -0.4 is 5.32 Å². The molecule has 2 aromatic rings. The molecule has 1 fully saturated rings. The molecule has 1 aliphatic heterocycles. The summed E-state index contributed by atoms with van der Waals surface area (Å²) in [5.41, 5.74) is 1.47. The molecule has 1 atom stereocenters. The summed E-state index contributed by atoms with van der Waals surface area (Å²) in [5.74, 6) is 1.01. The molecule has 21 heavy (non-hydrogen) atoms. The lowest BCUT2D eigenvalue weighted by atomic mass is 10.0. The highest BCUT2D eigenvalue weighted by molar-refractivity contribution is 5.95. The summed E-state index contributed by atoms with van der Waals surface area (Å²) in [7, 11) is 0. The number of hydrogen-bond donors (Lipinski definition) is 1. The van der Waals surface area contributed by atoms with Gasteiger partial charge in [-0.2, -0.15) is 0 Å². The van der Waals surface area contributed by atoms with Crippen LogP contribution in [0.25, 0.3) is 11.3 Å². The van der Waals surface area contributed by atoms with E-state index >= 15 is 0 Å². The van der Waals surface area contributed by atoms with Crippen LogP contribution in [0.1, 0.15) is 23.2 Å². The van der Waals surface area contributed by atoms with Gasteiger partial charge in [0.1, 0.15) is 0 Å². The summed E-state index contributed by atoms with van der Waals surface area (Å²) >= 11 is 0. The Bertz CT molecular complexity index is 589. The molecule has 1 amide bonds. The molecule has 0 unspecified atom stereocenters. The molecule has 3 rings (SSSR count). The number of nitrogens with zero attached hydrogens (tertiary/aromatic N) is 1. The first kappa shape index (κ1) is 13.8. The predicted octanol–water partition coefficient (Wildman–Crippen LogP) is 2.50. The molecule has 0 radical (unpaired) electrons. The number of rotatable bonds is 4. The van der Waals surface area contributed by atoms with Crippen molar-refractivity contribution in [2.75, 3.05) is 19.8 Å². The van der Waals surface area contributed by atoms with Crippen LogP contribution in [0.5, 0.6) is 0 Å². The average molecular weight is 286 g/mol. The lowest BCUT2D eigenvalue weighted by Gasteiger charge is -2.22. The molecular formula is C16H18N2O3. The highest BCUT2D eigenvalue weighted by atomic mass is 16.5. The van der Waals surface area contributed by atoms with E-state index in [9.17, 15) is 4.79 Å². The maximum Gasteiger partial charge on any atom is 0.251 e. The first-order chi connectivity index (χ1) is 10.3. The normalized spacial score (nSPS) is 18.4. The molecule has 0 saturated carbocycles. The molecule has 1 aromatic carbocycles. The van der Waals surface area contributed by atoms with Crippen LogP contribution in [0.15, 0.2) is 41.3 Å². The van der Waals surface area contributed by atoms with Gasteiger partial charge in [-0.3, -0.25) is 4.79 Å². The van der Waals surface area contributed by atoms with Crippen molar-refractivity contribution >= 4 is 5.91 Å². The first-order valence-corrected chi connectivity index (χ1v) is 7.18. The van der Waals surface area contributed by atoms with Crippen molar-refractivity contribution in [3.63, 3.8) is 0 Å². The van der Waals surface area contributed by atoms with Crippen LogP contribution in [0.4, 0.5) is 0 Å². The Kier molecular flexibility index (Phi) is 4.31. The van der Waals surface area contributed by atoms with E-state index < -0.39 is 0 Å². The Morgan fingerprint density at radius 2 is 2.38 bits per heavy atom. The standard InChI is InChI=1S/C16H18N2O3/c19-16(18-8-12-3-2-6-20-10-12)14-5-1-4-13(7-14)15-9-17-11-21-15/h1,4-5,7,9,11-12H,2-3,6,8,10H2,(H,18,19)/t12-/m0/s1. The zero-order valence-electron chi connectivity index (χ0n) is 11.7. The van der Waals surface area contributed by atoms with Crippen LogP contribution in [0.2, 0.25) is 0 Å². The van der Waals surface area contributed by atoms with E-state index in [0.29, 0.717) is 23.8 Å². The fourth-order valence-electron chi connectivity index (χ4n) is 2.48. The molecule has 5 heteroatoms. The zero-order chi connectivity index (χ0) is 14.5. The second-order valence-corrected chi connectivity index (χ2v) is 5.24. The summed E-state index contributed by atoms with van der Waals surface area (Å²) < 4.78 is 10.7. The second-order valence-electron chi connectivity index (χ2n) is 5.24. The molecule has 5 nitrogen and oxygen atoms in total. The average Bonchev–Trinajstić information content (AvgIpc) is 3.08. The Morgan fingerprint density at radius 3 is 3.14 bits per heavy atom. The Hall–Kier alpha value is -2.14. The molecule has 0 aliphatic carbocycles. The fraction of sp³-hybridized carbons (Fsp3) is 0.375. The number of carbonyl (C=O) groups excluding carboxylic acids is 1. The van der Waals surface area contributed by atoms with Gasteiger partial charge in [-0.15, -0.1) is 0 Å². The van der Waals surface area contributed by atoms with Gasteiger partial charge in [-0.05, 0) is 30.9 Å². The predicted molar refractivity (Wildman–Crippen MR) is 77.8 cm³/mol. The van der Waals surface area contributed by atoms with Crippen LogP contribution >= 0.6 is 0 Å². The fourth-order valence-corrected chi connectivity index (χ4v) is 2.48. The first-order valence-electron chi connectivity index (χ1n) is 7.18. The van der Waals surface area contributed by atoms with E-state index in [4.69, 9.17) is 9.15 Å². The Morgan fingerprint density at radius 1 is 1.43 bits per heavy atom. The quantitative estimate of drug-likeness (QED) is 0.938. The number of oxazole rings is 1. The van der Waals surface area contributed by atoms with Gasteiger partial charge in [-0.25, -0.2) is 4.98 Å². The molecular weight excluding hydrogens is 268 g/mol. The molecule has 0 spiro atoms. The number of hydrogen-bond acceptors (Lipinski definition) is 4. The van der Waals surface area contributed by atoms with Gasteiger partial charge in [-0.1, -0.05) is 12.1 Å². The van der Waals surface area contributed by atoms with Crippen molar-refractivity contribution in [1.82, 2.24) is 10.3 Å². The van der Waals surface area contributed by atoms with Gasteiger partial charge in [0.15, 0.2) is 12.2 Å². The topological polar surface area (TPSA) is 64.4 Å². The lowest BCUT2D eigenvalue weighted by Crippen LogP contribution is -2.33. The second kappa shape index (κ2) is 6.54. The molecule has 110 valence electrons. The molecule has 1 aliphatic rings. The van der Waals surface area contributed by atoms with Crippen molar-refractivity contribution in [1.29, 1.82) is 0 Å². The maximum absolute atomic E-state index is 12.2. The van der Waals surface area contributed by atoms with Crippen molar-refractivity contribution in [2.45, 2.75) is 12.8 Å². The number of carbonyl (C=O) groups is 1. The van der Waals surface area contributed by atoms with E-state index in [1.807, 2.05) is 18.2 Å². The van der Waals surface area contributed by atoms with Gasteiger partial charge in [0.2, 0.25) is 0 Å². The highest BCUT2D eigenvalue weighted by Gasteiger charge is 2.15. The van der Waals surface area contributed by atoms with Crippen molar-refractivity contribution in [3.8, 4) is 11.3 Å². The van der Waals surface area contributed by atoms with Gasteiger partial charge in [0, 0.05) is 24.3 Å². The number of nitrogens with one attached hydrogen (secondary N) is 1. The number of benzene rings is 1. The lowest BCUT2D eigenvalue weighted by molar-refractivity contribution is 0.0536. The van der Waals surface area contributed by atoms with Gasteiger partial charge in [0.25, 0.3) is 5.91 Å². The van der Waals surface area contributed by atoms with E-state index in [1.165, 1.54) is 6.39 Å². The van der Waals surface area contributed by atoms with E-state index in [-0.39, 0.29) is 5.91 Å². The van der Waals surface area contributed by atoms with Gasteiger partial charge in [0.05, 0.1) is 12.8 Å². The third-order valence-electron chi connectivity index (χ3n) is 3.65. The summed E-state index contributed by atoms with van der Waals surface area (Å²) in [6, 6.07) is 7.35. The van der Waals surface area contributed by atoms with Crippen molar-refractivity contribution in [3.05, 3.63) is 42.4 Å². The monoisotopic (exact) mass is 286 g/mol. The minimum atomic E-state index is -0.0676. The molecule has 1 N–H and O–H groups in total. The maximum atomic E-state index is 12.2. The van der Waals surface area contributed by atoms with Gasteiger partial charge >= 0.3 is 0 Å². The van der Waals surface area contributed by atoms with Crippen LogP contribution in [-0.4, -0.2) is 30.6 Å². The SMILES string of the molecule is O=C(NC[C@@H]1CCCOC1)c1cccc(-c2cnco2)c1. The van der Waals surface area contributed by atoms with Crippen LogP contribution in [0, 0.1) is 5.92 Å². The summed E-state index contributed by atoms with van der Waals surface area (Å²) in [6.45, 7) is 2.23. The largest absolute Gasteiger partial charge is 0.444 e. The van der Waals surface area contributed by atoms with Gasteiger partial charge < -0.3 is 14.5 Å². The summed E-state index contributed by atoms with van der Waals surface area (Å²) in [6.07, 6.45) is 5.20. The number of ether oxygens (including phenoxy) is 1. The van der Waals surface area contributed by atoms with E-state index in [1.54, 1.807) is 12.3 Å². The minimum absolute atomic E-state index is 0.0676. The molecule has 1 saturated heterocycles. The number of aromatic nitrogens is 1. The molecule has 2 heterocycles. The highest BCUT2D eigenvalue weighted by Crippen LogP contribution is 2.19. The van der Waals surface area contributed by atoms with Crippen molar-refractivity contribution < 1.29 is 13.9 Å². The number of amides is 1. The summed E-state index contributed by atoms with van der Waals surface area (Å²) in [4.78, 5) is 16.1. The Balaban J connectivity index is 1.63. The molecule has 1 aromatic heterocycles. The van der Waals surface area contributed by atoms with Crippen LogP contribution in [-0.2, 0) is 4.74 Å². The smallest absolute Gasteiger partial charge is 0.251 e. The Labute approximate surface area is 123 Å². The van der Waals surface area contributed by atoms with Crippen LogP contribution in [0.3, 0.4) is 0 Å². The third kappa shape index (κ3) is 3.49.